The first kappa shape index (κ1) is 14.2. The highest BCUT2D eigenvalue weighted by molar-refractivity contribution is 6.32. The van der Waals surface area contributed by atoms with Crippen molar-refractivity contribution in [2.75, 3.05) is 11.9 Å². The molecule has 21 heavy (non-hydrogen) atoms. The van der Waals surface area contributed by atoms with Crippen LogP contribution in [-0.4, -0.2) is 28.5 Å². The van der Waals surface area contributed by atoms with Crippen LogP contribution >= 0.6 is 11.6 Å². The number of benzene rings is 1. The first-order valence-electron chi connectivity index (χ1n) is 7.20. The molecule has 0 aliphatic carbocycles. The molecule has 1 amide bonds. The molecular weight excluding hydrogens is 288 g/mol. The summed E-state index contributed by atoms with van der Waals surface area (Å²) in [5, 5.41) is 6.27. The highest BCUT2D eigenvalue weighted by atomic mass is 35.5. The van der Waals surface area contributed by atoms with E-state index < -0.39 is 0 Å². The largest absolute Gasteiger partial charge is 0.307 e. The molecule has 5 nitrogen and oxygen atoms in total. The Bertz CT molecular complexity index is 653. The third-order valence-electron chi connectivity index (χ3n) is 3.65. The predicted octanol–water partition coefficient (Wildman–Crippen LogP) is 2.75. The summed E-state index contributed by atoms with van der Waals surface area (Å²) in [4.78, 5) is 20.9. The van der Waals surface area contributed by atoms with Gasteiger partial charge in [0.15, 0.2) is 11.0 Å². The lowest BCUT2D eigenvalue weighted by atomic mass is 10.1. The summed E-state index contributed by atoms with van der Waals surface area (Å²) in [6, 6.07) is 7.26. The molecule has 1 aliphatic rings. The van der Waals surface area contributed by atoms with E-state index >= 15 is 0 Å². The van der Waals surface area contributed by atoms with Gasteiger partial charge in [-0.25, -0.2) is 9.97 Å². The van der Waals surface area contributed by atoms with Crippen LogP contribution in [0.2, 0.25) is 5.15 Å². The summed E-state index contributed by atoms with van der Waals surface area (Å²) in [5.41, 5.74) is 1.43. The number of hydrogen-bond donors (Lipinski definition) is 2. The number of anilines is 1. The lowest BCUT2D eigenvalue weighted by Gasteiger charge is -2.15. The monoisotopic (exact) mass is 304 g/mol. The molecule has 2 heterocycles. The van der Waals surface area contributed by atoms with Crippen molar-refractivity contribution in [3.8, 4) is 0 Å². The number of carbonyl (C=O) groups is 1. The third-order valence-corrected chi connectivity index (χ3v) is 3.91. The van der Waals surface area contributed by atoms with Crippen molar-refractivity contribution in [2.45, 2.75) is 31.7 Å². The second-order valence-electron chi connectivity index (χ2n) is 5.20. The van der Waals surface area contributed by atoms with Crippen LogP contribution in [0.25, 0.3) is 11.0 Å². The van der Waals surface area contributed by atoms with Crippen molar-refractivity contribution in [3.63, 3.8) is 0 Å². The van der Waals surface area contributed by atoms with Crippen molar-refractivity contribution in [1.82, 2.24) is 15.3 Å². The van der Waals surface area contributed by atoms with E-state index in [1.165, 1.54) is 0 Å². The average molecular weight is 305 g/mol. The number of carbonyl (C=O) groups excluding carboxylic acids is 1. The number of amides is 1. The molecule has 1 aromatic heterocycles. The molecule has 0 saturated carbocycles. The molecule has 1 aromatic carbocycles. The molecule has 0 bridgehead atoms. The van der Waals surface area contributed by atoms with Gasteiger partial charge in [-0.15, -0.1) is 0 Å². The maximum absolute atomic E-state index is 12.3. The van der Waals surface area contributed by atoms with Gasteiger partial charge in [0, 0.05) is 0 Å². The summed E-state index contributed by atoms with van der Waals surface area (Å²) < 4.78 is 0. The molecule has 0 spiro atoms. The average Bonchev–Trinajstić information content (AvgIpc) is 2.77. The molecular formula is C15H17ClN4O. The van der Waals surface area contributed by atoms with E-state index in [0.29, 0.717) is 16.9 Å². The summed E-state index contributed by atoms with van der Waals surface area (Å²) in [7, 11) is 0. The first-order valence-corrected chi connectivity index (χ1v) is 7.58. The number of nitrogens with one attached hydrogen (secondary N) is 2. The van der Waals surface area contributed by atoms with Gasteiger partial charge in [0.1, 0.15) is 0 Å². The van der Waals surface area contributed by atoms with Gasteiger partial charge < -0.3 is 10.6 Å². The van der Waals surface area contributed by atoms with Crippen LogP contribution in [0, 0.1) is 0 Å². The lowest BCUT2D eigenvalue weighted by molar-refractivity contribution is -0.118. The van der Waals surface area contributed by atoms with E-state index in [0.717, 1.165) is 32.2 Å². The molecule has 0 radical (unpaired) electrons. The Morgan fingerprint density at radius 2 is 1.95 bits per heavy atom. The van der Waals surface area contributed by atoms with E-state index in [1.807, 2.05) is 24.3 Å². The molecule has 3 rings (SSSR count). The van der Waals surface area contributed by atoms with Gasteiger partial charge in [-0.3, -0.25) is 4.79 Å². The minimum Gasteiger partial charge on any atom is -0.307 e. The van der Waals surface area contributed by atoms with Crippen LogP contribution in [0.3, 0.4) is 0 Å². The normalized spacial score (nSPS) is 19.2. The predicted molar refractivity (Wildman–Crippen MR) is 83.4 cm³/mol. The molecule has 1 atom stereocenters. The maximum atomic E-state index is 12.3. The Balaban J connectivity index is 1.80. The van der Waals surface area contributed by atoms with E-state index in [2.05, 4.69) is 20.6 Å². The fourth-order valence-electron chi connectivity index (χ4n) is 2.51. The molecule has 1 saturated heterocycles. The molecule has 2 aromatic rings. The van der Waals surface area contributed by atoms with Crippen LogP contribution in [0.15, 0.2) is 24.3 Å². The Labute approximate surface area is 128 Å². The number of rotatable bonds is 2. The standard InChI is InChI=1S/C15H17ClN4O/c16-13-14(19-11-7-4-3-6-10(11)18-13)20-15(21)12-8-2-1-5-9-17-12/h3-4,6-7,12,17H,1-2,5,8-9H2,(H,19,20,21). The van der Waals surface area contributed by atoms with Crippen LogP contribution in [0.4, 0.5) is 5.82 Å². The number of aromatic nitrogens is 2. The lowest BCUT2D eigenvalue weighted by Crippen LogP contribution is -2.40. The van der Waals surface area contributed by atoms with Gasteiger partial charge in [-0.1, -0.05) is 36.6 Å². The van der Waals surface area contributed by atoms with E-state index in [4.69, 9.17) is 11.6 Å². The van der Waals surface area contributed by atoms with E-state index in [1.54, 1.807) is 0 Å². The number of nitrogens with zero attached hydrogens (tertiary/aromatic N) is 2. The molecule has 1 aliphatic heterocycles. The van der Waals surface area contributed by atoms with Crippen molar-refractivity contribution in [2.24, 2.45) is 0 Å². The third kappa shape index (κ3) is 3.31. The zero-order valence-corrected chi connectivity index (χ0v) is 12.4. The summed E-state index contributed by atoms with van der Waals surface area (Å²) in [6.07, 6.45) is 4.17. The van der Waals surface area contributed by atoms with Crippen LogP contribution in [0.5, 0.6) is 0 Å². The van der Waals surface area contributed by atoms with Gasteiger partial charge in [0.05, 0.1) is 17.1 Å². The minimum atomic E-state index is -0.183. The Morgan fingerprint density at radius 3 is 2.76 bits per heavy atom. The van der Waals surface area contributed by atoms with Crippen LogP contribution < -0.4 is 10.6 Å². The fraction of sp³-hybridized carbons (Fsp3) is 0.400. The SMILES string of the molecule is O=C(Nc1nc2ccccc2nc1Cl)C1CCCCCN1. The van der Waals surface area contributed by atoms with Gasteiger partial charge in [-0.05, 0) is 31.5 Å². The molecule has 2 N–H and O–H groups in total. The molecule has 110 valence electrons. The smallest absolute Gasteiger partial charge is 0.242 e. The molecule has 1 fully saturated rings. The highest BCUT2D eigenvalue weighted by Crippen LogP contribution is 2.21. The van der Waals surface area contributed by atoms with E-state index in [9.17, 15) is 4.79 Å². The Hall–Kier alpha value is -1.72. The van der Waals surface area contributed by atoms with Gasteiger partial charge in [0.2, 0.25) is 5.91 Å². The van der Waals surface area contributed by atoms with Crippen molar-refractivity contribution in [1.29, 1.82) is 0 Å². The first-order chi connectivity index (χ1) is 10.2. The van der Waals surface area contributed by atoms with Crippen molar-refractivity contribution in [3.05, 3.63) is 29.4 Å². The van der Waals surface area contributed by atoms with Gasteiger partial charge >= 0.3 is 0 Å². The number of halogens is 1. The number of hydrogen-bond acceptors (Lipinski definition) is 4. The Morgan fingerprint density at radius 1 is 1.19 bits per heavy atom. The van der Waals surface area contributed by atoms with Crippen LogP contribution in [0.1, 0.15) is 25.7 Å². The van der Waals surface area contributed by atoms with E-state index in [-0.39, 0.29) is 17.1 Å². The van der Waals surface area contributed by atoms with Gasteiger partial charge in [-0.2, -0.15) is 0 Å². The number of fused-ring (bicyclic) bond motifs is 1. The number of para-hydroxylation sites is 2. The molecule has 1 unspecified atom stereocenters. The topological polar surface area (TPSA) is 66.9 Å². The zero-order valence-electron chi connectivity index (χ0n) is 11.6. The quantitative estimate of drug-likeness (QED) is 0.895. The second kappa shape index (κ2) is 6.37. The summed E-state index contributed by atoms with van der Waals surface area (Å²) in [5.74, 6) is 0.231. The summed E-state index contributed by atoms with van der Waals surface area (Å²) >= 11 is 6.11. The molecule has 6 heteroatoms. The van der Waals surface area contributed by atoms with Crippen molar-refractivity contribution >= 4 is 34.4 Å². The fourth-order valence-corrected chi connectivity index (χ4v) is 2.69. The minimum absolute atomic E-state index is 0.0941. The Kier molecular flexibility index (Phi) is 4.31. The maximum Gasteiger partial charge on any atom is 0.242 e. The van der Waals surface area contributed by atoms with Gasteiger partial charge in [0.25, 0.3) is 0 Å². The van der Waals surface area contributed by atoms with Crippen LogP contribution in [-0.2, 0) is 4.79 Å². The van der Waals surface area contributed by atoms with Crippen molar-refractivity contribution < 1.29 is 4.79 Å². The highest BCUT2D eigenvalue weighted by Gasteiger charge is 2.21. The zero-order chi connectivity index (χ0) is 14.7. The second-order valence-corrected chi connectivity index (χ2v) is 5.56. The summed E-state index contributed by atoms with van der Waals surface area (Å²) in [6.45, 7) is 0.870.